The number of nitrogens with two attached hydrogens (primary N) is 1. The summed E-state index contributed by atoms with van der Waals surface area (Å²) in [6, 6.07) is 12.1. The summed E-state index contributed by atoms with van der Waals surface area (Å²) in [5.74, 6) is 1.13. The molecule has 0 aliphatic heterocycles. The van der Waals surface area contributed by atoms with Crippen molar-refractivity contribution < 1.29 is 0 Å². The predicted octanol–water partition coefficient (Wildman–Crippen LogP) is 2.26. The molecule has 1 unspecified atom stereocenters. The molecule has 0 fully saturated rings. The van der Waals surface area contributed by atoms with E-state index in [9.17, 15) is 0 Å². The van der Waals surface area contributed by atoms with Gasteiger partial charge in [-0.1, -0.05) is 30.3 Å². The number of hydrogen-bond acceptors (Lipinski definition) is 4. The molecule has 4 nitrogen and oxygen atoms in total. The third kappa shape index (κ3) is 2.53. The highest BCUT2D eigenvalue weighted by atomic mass is 15.3. The van der Waals surface area contributed by atoms with E-state index in [1.165, 1.54) is 5.56 Å². The average molecular weight is 228 g/mol. The van der Waals surface area contributed by atoms with Crippen molar-refractivity contribution in [2.45, 2.75) is 13.0 Å². The number of benzene rings is 1. The van der Waals surface area contributed by atoms with Crippen LogP contribution in [-0.2, 0) is 0 Å². The Bertz CT molecular complexity index is 484. The standard InChI is InChI=1S/C13H16N4/c1-10(11-6-4-3-5-7-11)17(2)13-15-9-8-12(14)16-13/h3-10H,1-2H3,(H2,14,15,16). The number of nitrogens with zero attached hydrogens (tertiary/aromatic N) is 3. The molecule has 1 atom stereocenters. The Kier molecular flexibility index (Phi) is 3.23. The van der Waals surface area contributed by atoms with Gasteiger partial charge in [-0.3, -0.25) is 0 Å². The third-order valence-corrected chi connectivity index (χ3v) is 2.84. The van der Waals surface area contributed by atoms with Crippen LogP contribution < -0.4 is 10.6 Å². The van der Waals surface area contributed by atoms with E-state index >= 15 is 0 Å². The van der Waals surface area contributed by atoms with Gasteiger partial charge in [0, 0.05) is 13.2 Å². The molecule has 88 valence electrons. The van der Waals surface area contributed by atoms with Crippen molar-refractivity contribution in [2.75, 3.05) is 17.7 Å². The van der Waals surface area contributed by atoms with E-state index in [1.54, 1.807) is 12.3 Å². The quantitative estimate of drug-likeness (QED) is 0.875. The normalized spacial score (nSPS) is 12.1. The first-order chi connectivity index (χ1) is 8.18. The molecule has 0 aliphatic rings. The van der Waals surface area contributed by atoms with Crippen LogP contribution in [0, 0.1) is 0 Å². The Morgan fingerprint density at radius 2 is 1.88 bits per heavy atom. The van der Waals surface area contributed by atoms with Crippen LogP contribution in [0.2, 0.25) is 0 Å². The summed E-state index contributed by atoms with van der Waals surface area (Å²) in [6.07, 6.45) is 1.67. The summed E-state index contributed by atoms with van der Waals surface area (Å²) in [5, 5.41) is 0. The van der Waals surface area contributed by atoms with Crippen LogP contribution in [0.5, 0.6) is 0 Å². The van der Waals surface area contributed by atoms with E-state index in [0.717, 1.165) is 0 Å². The van der Waals surface area contributed by atoms with Gasteiger partial charge in [0.05, 0.1) is 6.04 Å². The van der Waals surface area contributed by atoms with Crippen molar-refractivity contribution in [3.63, 3.8) is 0 Å². The lowest BCUT2D eigenvalue weighted by molar-refractivity contribution is 0.716. The Morgan fingerprint density at radius 1 is 1.18 bits per heavy atom. The third-order valence-electron chi connectivity index (χ3n) is 2.84. The van der Waals surface area contributed by atoms with Gasteiger partial charge in [-0.2, -0.15) is 4.98 Å². The second-order valence-electron chi connectivity index (χ2n) is 3.98. The molecule has 0 saturated carbocycles. The molecule has 0 spiro atoms. The van der Waals surface area contributed by atoms with Gasteiger partial charge in [0.1, 0.15) is 5.82 Å². The van der Waals surface area contributed by atoms with Crippen LogP contribution >= 0.6 is 0 Å². The first-order valence-corrected chi connectivity index (χ1v) is 5.55. The highest BCUT2D eigenvalue weighted by Crippen LogP contribution is 2.22. The molecular weight excluding hydrogens is 212 g/mol. The van der Waals surface area contributed by atoms with Crippen molar-refractivity contribution in [1.82, 2.24) is 9.97 Å². The van der Waals surface area contributed by atoms with Gasteiger partial charge in [-0.25, -0.2) is 4.98 Å². The molecule has 4 heteroatoms. The first kappa shape index (κ1) is 11.4. The van der Waals surface area contributed by atoms with Crippen LogP contribution in [0.4, 0.5) is 11.8 Å². The summed E-state index contributed by atoms with van der Waals surface area (Å²) < 4.78 is 0. The summed E-state index contributed by atoms with van der Waals surface area (Å²) in [7, 11) is 1.96. The molecule has 1 aromatic heterocycles. The second-order valence-corrected chi connectivity index (χ2v) is 3.98. The minimum Gasteiger partial charge on any atom is -0.384 e. The lowest BCUT2D eigenvalue weighted by Crippen LogP contribution is -2.23. The molecule has 2 aromatic rings. The van der Waals surface area contributed by atoms with Crippen molar-refractivity contribution >= 4 is 11.8 Å². The molecule has 1 aromatic carbocycles. The van der Waals surface area contributed by atoms with Crippen LogP contribution in [0.15, 0.2) is 42.6 Å². The molecule has 1 heterocycles. The van der Waals surface area contributed by atoms with Gasteiger partial charge in [0.2, 0.25) is 5.95 Å². The van der Waals surface area contributed by atoms with E-state index in [-0.39, 0.29) is 6.04 Å². The SMILES string of the molecule is CC(c1ccccc1)N(C)c1nccc(N)n1. The highest BCUT2D eigenvalue weighted by Gasteiger charge is 2.14. The smallest absolute Gasteiger partial charge is 0.227 e. The zero-order chi connectivity index (χ0) is 12.3. The lowest BCUT2D eigenvalue weighted by atomic mass is 10.1. The first-order valence-electron chi connectivity index (χ1n) is 5.55. The average Bonchev–Trinajstić information content (AvgIpc) is 2.38. The zero-order valence-electron chi connectivity index (χ0n) is 10.0. The van der Waals surface area contributed by atoms with Crippen LogP contribution in [0.3, 0.4) is 0 Å². The minimum absolute atomic E-state index is 0.206. The summed E-state index contributed by atoms with van der Waals surface area (Å²) in [4.78, 5) is 10.4. The molecule has 0 radical (unpaired) electrons. The Morgan fingerprint density at radius 3 is 2.53 bits per heavy atom. The predicted molar refractivity (Wildman–Crippen MR) is 69.7 cm³/mol. The van der Waals surface area contributed by atoms with Crippen molar-refractivity contribution in [2.24, 2.45) is 0 Å². The van der Waals surface area contributed by atoms with Crippen LogP contribution in [-0.4, -0.2) is 17.0 Å². The maximum Gasteiger partial charge on any atom is 0.227 e. The fourth-order valence-electron chi connectivity index (χ4n) is 1.66. The topological polar surface area (TPSA) is 55.0 Å². The zero-order valence-corrected chi connectivity index (χ0v) is 10.0. The van der Waals surface area contributed by atoms with Gasteiger partial charge in [0.25, 0.3) is 0 Å². The molecule has 2 N–H and O–H groups in total. The second kappa shape index (κ2) is 4.82. The van der Waals surface area contributed by atoms with Crippen LogP contribution in [0.1, 0.15) is 18.5 Å². The Labute approximate surface area is 101 Å². The highest BCUT2D eigenvalue weighted by molar-refractivity contribution is 5.39. The van der Waals surface area contributed by atoms with E-state index in [2.05, 4.69) is 29.0 Å². The molecule has 17 heavy (non-hydrogen) atoms. The maximum atomic E-state index is 5.66. The van der Waals surface area contributed by atoms with Gasteiger partial charge >= 0.3 is 0 Å². The molecule has 0 bridgehead atoms. The Hall–Kier alpha value is -2.10. The summed E-state index contributed by atoms with van der Waals surface area (Å²) in [5.41, 5.74) is 6.88. The molecular formula is C13H16N4. The van der Waals surface area contributed by atoms with Crippen molar-refractivity contribution in [3.05, 3.63) is 48.2 Å². The maximum absolute atomic E-state index is 5.66. The fourth-order valence-corrected chi connectivity index (χ4v) is 1.66. The number of rotatable bonds is 3. The molecule has 0 amide bonds. The number of aromatic nitrogens is 2. The van der Waals surface area contributed by atoms with E-state index < -0.39 is 0 Å². The summed E-state index contributed by atoms with van der Waals surface area (Å²) in [6.45, 7) is 2.11. The van der Waals surface area contributed by atoms with Gasteiger partial charge in [0.15, 0.2) is 0 Å². The van der Waals surface area contributed by atoms with E-state index in [4.69, 9.17) is 5.73 Å². The summed E-state index contributed by atoms with van der Waals surface area (Å²) >= 11 is 0. The van der Waals surface area contributed by atoms with Crippen molar-refractivity contribution in [3.8, 4) is 0 Å². The van der Waals surface area contributed by atoms with Crippen LogP contribution in [0.25, 0.3) is 0 Å². The van der Waals surface area contributed by atoms with E-state index in [0.29, 0.717) is 11.8 Å². The van der Waals surface area contributed by atoms with Gasteiger partial charge in [-0.15, -0.1) is 0 Å². The number of hydrogen-bond donors (Lipinski definition) is 1. The minimum atomic E-state index is 0.206. The van der Waals surface area contributed by atoms with Crippen molar-refractivity contribution in [1.29, 1.82) is 0 Å². The van der Waals surface area contributed by atoms with E-state index in [1.807, 2.05) is 30.1 Å². The number of nitrogen functional groups attached to an aromatic ring is 1. The molecule has 0 saturated heterocycles. The Balaban J connectivity index is 2.23. The molecule has 2 rings (SSSR count). The number of anilines is 2. The van der Waals surface area contributed by atoms with Gasteiger partial charge in [-0.05, 0) is 18.6 Å². The monoisotopic (exact) mass is 228 g/mol. The lowest BCUT2D eigenvalue weighted by Gasteiger charge is -2.25. The molecule has 0 aliphatic carbocycles. The van der Waals surface area contributed by atoms with Gasteiger partial charge < -0.3 is 10.6 Å². The largest absolute Gasteiger partial charge is 0.384 e. The fraction of sp³-hybridized carbons (Fsp3) is 0.231.